The molecule has 0 spiro atoms. The molecule has 120 valence electrons. The van der Waals surface area contributed by atoms with E-state index in [-0.39, 0.29) is 6.79 Å². The fraction of sp³-hybridized carbons (Fsp3) is 0.294. The van der Waals surface area contributed by atoms with E-state index in [9.17, 15) is 8.42 Å². The minimum atomic E-state index is -3.61. The quantitative estimate of drug-likeness (QED) is 0.939. The predicted molar refractivity (Wildman–Crippen MR) is 86.5 cm³/mol. The van der Waals surface area contributed by atoms with E-state index in [1.165, 1.54) is 12.0 Å². The molecule has 4 rings (SSSR count). The van der Waals surface area contributed by atoms with E-state index in [1.807, 2.05) is 6.07 Å². The van der Waals surface area contributed by atoms with Crippen molar-refractivity contribution in [3.63, 3.8) is 0 Å². The number of sulfonamides is 1. The van der Waals surface area contributed by atoms with Crippen LogP contribution in [0.4, 0.5) is 5.69 Å². The first kappa shape index (κ1) is 14.4. The Labute approximate surface area is 135 Å². The number of aryl methyl sites for hydroxylation is 2. The molecule has 2 aromatic rings. The molecule has 0 atom stereocenters. The Kier molecular flexibility index (Phi) is 3.41. The van der Waals surface area contributed by atoms with Gasteiger partial charge in [-0.15, -0.1) is 0 Å². The van der Waals surface area contributed by atoms with Crippen LogP contribution in [0.5, 0.6) is 11.5 Å². The molecule has 0 saturated carbocycles. The van der Waals surface area contributed by atoms with Crippen LogP contribution in [-0.4, -0.2) is 15.2 Å². The van der Waals surface area contributed by atoms with Crippen LogP contribution in [0.3, 0.4) is 0 Å². The smallest absolute Gasteiger partial charge is 0.261 e. The summed E-state index contributed by atoms with van der Waals surface area (Å²) in [6, 6.07) is 10.4. The molecule has 6 heteroatoms. The van der Waals surface area contributed by atoms with E-state index in [4.69, 9.17) is 9.47 Å². The van der Waals surface area contributed by atoms with Crippen molar-refractivity contribution in [2.75, 3.05) is 11.5 Å². The van der Waals surface area contributed by atoms with Crippen molar-refractivity contribution >= 4 is 15.7 Å². The fourth-order valence-corrected chi connectivity index (χ4v) is 4.15. The lowest BCUT2D eigenvalue weighted by atomic mass is 9.92. The molecule has 0 radical (unpaired) electrons. The SMILES string of the molecule is O=S(=O)(Nc1ccc2c(c1)OCO2)c1ccc2c(c1)CCCC2. The van der Waals surface area contributed by atoms with Gasteiger partial charge in [-0.1, -0.05) is 6.07 Å². The molecule has 1 heterocycles. The van der Waals surface area contributed by atoms with E-state index in [2.05, 4.69) is 4.72 Å². The van der Waals surface area contributed by atoms with E-state index >= 15 is 0 Å². The number of ether oxygens (including phenoxy) is 2. The Hall–Kier alpha value is -2.21. The normalized spacial score (nSPS) is 16.0. The first-order valence-corrected chi connectivity index (χ1v) is 9.14. The van der Waals surface area contributed by atoms with E-state index in [0.29, 0.717) is 22.1 Å². The van der Waals surface area contributed by atoms with Gasteiger partial charge in [0.15, 0.2) is 11.5 Å². The van der Waals surface area contributed by atoms with Crippen LogP contribution < -0.4 is 14.2 Å². The number of nitrogens with one attached hydrogen (secondary N) is 1. The molecular weight excluding hydrogens is 314 g/mol. The van der Waals surface area contributed by atoms with Gasteiger partial charge >= 0.3 is 0 Å². The highest BCUT2D eigenvalue weighted by molar-refractivity contribution is 7.92. The molecule has 5 nitrogen and oxygen atoms in total. The summed E-state index contributed by atoms with van der Waals surface area (Å²) in [7, 11) is -3.61. The van der Waals surface area contributed by atoms with Crippen LogP contribution in [0.1, 0.15) is 24.0 Å². The van der Waals surface area contributed by atoms with Crippen molar-refractivity contribution in [1.82, 2.24) is 0 Å². The van der Waals surface area contributed by atoms with Gasteiger partial charge in [-0.2, -0.15) is 0 Å². The summed E-state index contributed by atoms with van der Waals surface area (Å²) in [5.74, 6) is 1.18. The molecule has 0 bridgehead atoms. The van der Waals surface area contributed by atoms with Gasteiger partial charge in [0.2, 0.25) is 6.79 Å². The second-order valence-electron chi connectivity index (χ2n) is 5.81. The maximum absolute atomic E-state index is 12.6. The second-order valence-corrected chi connectivity index (χ2v) is 7.49. The molecular formula is C17H17NO4S. The average molecular weight is 331 g/mol. The lowest BCUT2D eigenvalue weighted by Gasteiger charge is -2.17. The minimum Gasteiger partial charge on any atom is -0.454 e. The first-order chi connectivity index (χ1) is 11.1. The van der Waals surface area contributed by atoms with Crippen LogP contribution in [-0.2, 0) is 22.9 Å². The van der Waals surface area contributed by atoms with Crippen molar-refractivity contribution in [3.8, 4) is 11.5 Å². The van der Waals surface area contributed by atoms with E-state index < -0.39 is 10.0 Å². The van der Waals surface area contributed by atoms with E-state index in [0.717, 1.165) is 24.8 Å². The van der Waals surface area contributed by atoms with Crippen LogP contribution in [0.15, 0.2) is 41.3 Å². The molecule has 0 amide bonds. The summed E-state index contributed by atoms with van der Waals surface area (Å²) in [5, 5.41) is 0. The molecule has 1 aliphatic carbocycles. The number of hydrogen-bond donors (Lipinski definition) is 1. The van der Waals surface area contributed by atoms with Gasteiger partial charge in [0, 0.05) is 6.07 Å². The van der Waals surface area contributed by atoms with Gasteiger partial charge in [0.05, 0.1) is 10.6 Å². The Balaban J connectivity index is 1.63. The predicted octanol–water partition coefficient (Wildman–Crippen LogP) is 3.09. The van der Waals surface area contributed by atoms with Gasteiger partial charge in [-0.05, 0) is 61.1 Å². The Morgan fingerprint density at radius 3 is 2.52 bits per heavy atom. The molecule has 0 saturated heterocycles. The highest BCUT2D eigenvalue weighted by Gasteiger charge is 2.20. The second kappa shape index (κ2) is 5.45. The number of rotatable bonds is 3. The van der Waals surface area contributed by atoms with Gasteiger partial charge in [-0.3, -0.25) is 4.72 Å². The first-order valence-electron chi connectivity index (χ1n) is 7.66. The molecule has 1 aliphatic heterocycles. The van der Waals surface area contributed by atoms with Crippen molar-refractivity contribution in [2.45, 2.75) is 30.6 Å². The molecule has 23 heavy (non-hydrogen) atoms. The van der Waals surface area contributed by atoms with Crippen molar-refractivity contribution in [2.24, 2.45) is 0 Å². The molecule has 2 aromatic carbocycles. The molecule has 0 aromatic heterocycles. The third-order valence-corrected chi connectivity index (χ3v) is 5.63. The van der Waals surface area contributed by atoms with Gasteiger partial charge in [0.25, 0.3) is 10.0 Å². The standard InChI is InChI=1S/C17H17NO4S/c19-23(20,15-7-5-12-3-1-2-4-13(12)9-15)18-14-6-8-16-17(10-14)22-11-21-16/h5-10,18H,1-4,11H2. The van der Waals surface area contributed by atoms with Crippen LogP contribution in [0, 0.1) is 0 Å². The van der Waals surface area contributed by atoms with Gasteiger partial charge in [-0.25, -0.2) is 8.42 Å². The Bertz CT molecular complexity index is 861. The zero-order chi connectivity index (χ0) is 15.9. The number of fused-ring (bicyclic) bond motifs is 2. The maximum Gasteiger partial charge on any atom is 0.261 e. The van der Waals surface area contributed by atoms with Crippen molar-refractivity contribution < 1.29 is 17.9 Å². The summed E-state index contributed by atoms with van der Waals surface area (Å²) in [6.45, 7) is 0.163. The summed E-state index contributed by atoms with van der Waals surface area (Å²) in [4.78, 5) is 0.302. The van der Waals surface area contributed by atoms with E-state index in [1.54, 1.807) is 30.3 Å². The molecule has 2 aliphatic rings. The van der Waals surface area contributed by atoms with Crippen molar-refractivity contribution in [1.29, 1.82) is 0 Å². The molecule has 0 fully saturated rings. The summed E-state index contributed by atoms with van der Waals surface area (Å²) in [5.41, 5.74) is 2.87. The Morgan fingerprint density at radius 2 is 1.65 bits per heavy atom. The lowest BCUT2D eigenvalue weighted by Crippen LogP contribution is -2.14. The number of anilines is 1. The number of hydrogen-bond acceptors (Lipinski definition) is 4. The van der Waals surface area contributed by atoms with Crippen LogP contribution >= 0.6 is 0 Å². The maximum atomic E-state index is 12.6. The Morgan fingerprint density at radius 1 is 0.870 bits per heavy atom. The van der Waals surface area contributed by atoms with Gasteiger partial charge < -0.3 is 9.47 Å². The molecule has 0 unspecified atom stereocenters. The highest BCUT2D eigenvalue weighted by atomic mass is 32.2. The minimum absolute atomic E-state index is 0.163. The number of benzene rings is 2. The fourth-order valence-electron chi connectivity index (χ4n) is 3.05. The zero-order valence-corrected chi connectivity index (χ0v) is 13.4. The topological polar surface area (TPSA) is 64.6 Å². The third-order valence-electron chi connectivity index (χ3n) is 4.26. The largest absolute Gasteiger partial charge is 0.454 e. The lowest BCUT2D eigenvalue weighted by molar-refractivity contribution is 0.174. The highest BCUT2D eigenvalue weighted by Crippen LogP contribution is 2.35. The van der Waals surface area contributed by atoms with Gasteiger partial charge in [0.1, 0.15) is 0 Å². The summed E-state index contributed by atoms with van der Waals surface area (Å²) < 4.78 is 38.3. The third kappa shape index (κ3) is 2.74. The monoisotopic (exact) mass is 331 g/mol. The summed E-state index contributed by atoms with van der Waals surface area (Å²) >= 11 is 0. The zero-order valence-electron chi connectivity index (χ0n) is 12.5. The average Bonchev–Trinajstić information content (AvgIpc) is 3.01. The van der Waals surface area contributed by atoms with Crippen LogP contribution in [0.25, 0.3) is 0 Å². The summed E-state index contributed by atoms with van der Waals surface area (Å²) in [6.07, 6.45) is 4.27. The van der Waals surface area contributed by atoms with Crippen molar-refractivity contribution in [3.05, 3.63) is 47.5 Å². The molecule has 1 N–H and O–H groups in total. The van der Waals surface area contributed by atoms with Crippen LogP contribution in [0.2, 0.25) is 0 Å².